The number of carbonyl (C=O) groups is 3. The van der Waals surface area contributed by atoms with Gasteiger partial charge in [0.25, 0.3) is 0 Å². The minimum Gasteiger partial charge on any atom is -0.462 e. The summed E-state index contributed by atoms with van der Waals surface area (Å²) in [5.74, 6) is -1.01. The summed E-state index contributed by atoms with van der Waals surface area (Å²) in [6.07, 6.45) is 101. The second kappa shape index (κ2) is 69.5. The molecule has 0 aromatic heterocycles. The van der Waals surface area contributed by atoms with Gasteiger partial charge < -0.3 is 14.2 Å². The van der Waals surface area contributed by atoms with Crippen LogP contribution in [0.15, 0.2) is 158 Å². The van der Waals surface area contributed by atoms with E-state index in [0.717, 1.165) is 122 Å². The van der Waals surface area contributed by atoms with Gasteiger partial charge >= 0.3 is 17.9 Å². The molecule has 6 heteroatoms. The van der Waals surface area contributed by atoms with Crippen molar-refractivity contribution in [2.45, 2.75) is 297 Å². The van der Waals surface area contributed by atoms with E-state index in [9.17, 15) is 14.4 Å². The lowest BCUT2D eigenvalue weighted by molar-refractivity contribution is -0.166. The van der Waals surface area contributed by atoms with Crippen molar-refractivity contribution >= 4 is 17.9 Å². The second-order valence-corrected chi connectivity index (χ2v) is 22.0. The largest absolute Gasteiger partial charge is 0.462 e. The minimum atomic E-state index is -0.831. The minimum absolute atomic E-state index is 0.116. The zero-order chi connectivity index (χ0) is 59.9. The van der Waals surface area contributed by atoms with Gasteiger partial charge in [0.15, 0.2) is 6.10 Å². The highest BCUT2D eigenvalue weighted by atomic mass is 16.6. The first-order valence-corrected chi connectivity index (χ1v) is 34.0. The number of rotatable bonds is 60. The van der Waals surface area contributed by atoms with Crippen LogP contribution in [0.5, 0.6) is 0 Å². The Balaban J connectivity index is 4.42. The van der Waals surface area contributed by atoms with Crippen LogP contribution in [0.3, 0.4) is 0 Å². The molecule has 0 heterocycles. The fourth-order valence-corrected chi connectivity index (χ4v) is 9.00. The number of allylic oxidation sites excluding steroid dienone is 26. The molecule has 0 aliphatic heterocycles. The number of carbonyl (C=O) groups excluding carboxylic acids is 3. The van der Waals surface area contributed by atoms with Gasteiger partial charge in [-0.1, -0.05) is 294 Å². The van der Waals surface area contributed by atoms with E-state index in [1.54, 1.807) is 0 Å². The average molecular weight is 1150 g/mol. The molecule has 0 amide bonds. The average Bonchev–Trinajstić information content (AvgIpc) is 3.49. The summed E-state index contributed by atoms with van der Waals surface area (Å²) >= 11 is 0. The van der Waals surface area contributed by atoms with E-state index in [1.807, 2.05) is 6.08 Å². The lowest BCUT2D eigenvalue weighted by Gasteiger charge is -2.18. The Morgan fingerprint density at radius 3 is 0.783 bits per heavy atom. The molecule has 1 atom stereocenters. The van der Waals surface area contributed by atoms with Crippen LogP contribution in [0.1, 0.15) is 290 Å². The van der Waals surface area contributed by atoms with E-state index in [-0.39, 0.29) is 31.6 Å². The van der Waals surface area contributed by atoms with Crippen LogP contribution in [0.2, 0.25) is 0 Å². The van der Waals surface area contributed by atoms with E-state index in [4.69, 9.17) is 14.2 Å². The third kappa shape index (κ3) is 67.7. The summed E-state index contributed by atoms with van der Waals surface area (Å²) in [6.45, 7) is 6.33. The normalized spacial score (nSPS) is 13.1. The van der Waals surface area contributed by atoms with Crippen molar-refractivity contribution in [1.82, 2.24) is 0 Å². The molecule has 0 rings (SSSR count). The second-order valence-electron chi connectivity index (χ2n) is 22.0. The Labute approximate surface area is 511 Å². The Bertz CT molecular complexity index is 1840. The number of esters is 3. The molecule has 0 bridgehead atoms. The van der Waals surface area contributed by atoms with Crippen LogP contribution < -0.4 is 0 Å². The molecule has 0 aliphatic carbocycles. The Morgan fingerprint density at radius 2 is 0.494 bits per heavy atom. The topological polar surface area (TPSA) is 78.9 Å². The quantitative estimate of drug-likeness (QED) is 0.0261. The number of hydrogen-bond donors (Lipinski definition) is 0. The summed E-state index contributed by atoms with van der Waals surface area (Å²) in [4.78, 5) is 38.4. The predicted molar refractivity (Wildman–Crippen MR) is 362 cm³/mol. The van der Waals surface area contributed by atoms with Crippen LogP contribution in [0, 0.1) is 0 Å². The molecule has 1 unspecified atom stereocenters. The van der Waals surface area contributed by atoms with Crippen LogP contribution in [-0.4, -0.2) is 37.2 Å². The van der Waals surface area contributed by atoms with Crippen molar-refractivity contribution in [3.05, 3.63) is 158 Å². The van der Waals surface area contributed by atoms with Gasteiger partial charge in [0, 0.05) is 19.3 Å². The first-order chi connectivity index (χ1) is 41.0. The first-order valence-electron chi connectivity index (χ1n) is 34.0. The van der Waals surface area contributed by atoms with E-state index in [2.05, 4.69) is 173 Å². The molecule has 83 heavy (non-hydrogen) atoms. The zero-order valence-electron chi connectivity index (χ0n) is 53.7. The maximum Gasteiger partial charge on any atom is 0.306 e. The van der Waals surface area contributed by atoms with Gasteiger partial charge in [-0.15, -0.1) is 0 Å². The maximum absolute atomic E-state index is 12.9. The van der Waals surface area contributed by atoms with E-state index in [1.165, 1.54) is 122 Å². The van der Waals surface area contributed by atoms with Crippen LogP contribution in [0.25, 0.3) is 0 Å². The summed E-state index contributed by atoms with van der Waals surface area (Å²) in [5, 5.41) is 0. The van der Waals surface area contributed by atoms with Crippen LogP contribution in [0.4, 0.5) is 0 Å². The highest BCUT2D eigenvalue weighted by molar-refractivity contribution is 5.71. The van der Waals surface area contributed by atoms with Crippen molar-refractivity contribution < 1.29 is 28.6 Å². The van der Waals surface area contributed by atoms with Crippen molar-refractivity contribution in [3.63, 3.8) is 0 Å². The Kier molecular flexibility index (Phi) is 65.4. The Morgan fingerprint density at radius 1 is 0.253 bits per heavy atom. The molecule has 468 valence electrons. The van der Waals surface area contributed by atoms with E-state index in [0.29, 0.717) is 19.3 Å². The van der Waals surface area contributed by atoms with Gasteiger partial charge in [-0.2, -0.15) is 0 Å². The molecule has 0 aliphatic rings. The molecule has 0 aromatic rings. The number of hydrogen-bond acceptors (Lipinski definition) is 6. The van der Waals surface area contributed by atoms with Gasteiger partial charge in [0.05, 0.1) is 0 Å². The first kappa shape index (κ1) is 78.0. The molecule has 0 radical (unpaired) electrons. The third-order valence-corrected chi connectivity index (χ3v) is 14.0. The van der Waals surface area contributed by atoms with E-state index < -0.39 is 12.1 Å². The Hall–Kier alpha value is -4.97. The van der Waals surface area contributed by atoms with Gasteiger partial charge in [-0.05, 0) is 135 Å². The molecule has 0 aromatic carbocycles. The smallest absolute Gasteiger partial charge is 0.306 e. The molecule has 6 nitrogen and oxygen atoms in total. The summed E-state index contributed by atoms with van der Waals surface area (Å²) < 4.78 is 16.9. The summed E-state index contributed by atoms with van der Waals surface area (Å²) in [5.41, 5.74) is 0. The SMILES string of the molecule is CC/C=C\C/C=C\C/C=C\C/C=C\C/C=C\C/C=C\CCC(=O)OC(COC(=O)CCCCCCCCC/C=C\C/C=C\CCCCC)COC(=O)CCCCCCCCCCCCCCC/C=C\C/C=C\C/C=C\C/C=C\C/C=C\CC. The fraction of sp³-hybridized carbons (Fsp3) is 0.623. The van der Waals surface area contributed by atoms with Crippen molar-refractivity contribution in [1.29, 1.82) is 0 Å². The van der Waals surface area contributed by atoms with Crippen molar-refractivity contribution in [2.24, 2.45) is 0 Å². The lowest BCUT2D eigenvalue weighted by Crippen LogP contribution is -2.30. The highest BCUT2D eigenvalue weighted by Crippen LogP contribution is 2.16. The monoisotopic (exact) mass is 1140 g/mol. The van der Waals surface area contributed by atoms with Gasteiger partial charge in [-0.3, -0.25) is 14.4 Å². The van der Waals surface area contributed by atoms with Crippen molar-refractivity contribution in [3.8, 4) is 0 Å². The van der Waals surface area contributed by atoms with Gasteiger partial charge in [0.2, 0.25) is 0 Å². The van der Waals surface area contributed by atoms with Gasteiger partial charge in [0.1, 0.15) is 13.2 Å². The molecule has 0 fully saturated rings. The fourth-order valence-electron chi connectivity index (χ4n) is 9.00. The molecule has 0 saturated carbocycles. The molecule has 0 N–H and O–H groups in total. The summed E-state index contributed by atoms with van der Waals surface area (Å²) in [6, 6.07) is 0. The maximum atomic E-state index is 12.9. The van der Waals surface area contributed by atoms with Crippen LogP contribution in [-0.2, 0) is 28.6 Å². The van der Waals surface area contributed by atoms with Gasteiger partial charge in [-0.25, -0.2) is 0 Å². The number of ether oxygens (including phenoxy) is 3. The predicted octanol–water partition coefficient (Wildman–Crippen LogP) is 23.7. The van der Waals surface area contributed by atoms with Crippen LogP contribution >= 0.6 is 0 Å². The standard InChI is InChI=1S/C77H124O6/c1-4-7-10-13-16-19-22-25-28-31-33-34-35-36-37-38-39-40-41-42-44-46-49-52-55-58-61-64-67-70-76(79)82-73-74(72-81-75(78)69-66-63-60-57-54-51-48-45-30-27-24-21-18-15-12-9-6-3)83-77(80)71-68-65-62-59-56-53-50-47-43-32-29-26-23-20-17-14-11-8-5-2/h7-8,10-11,16-21,25-30,33-34,36-37,43,47,53,56,62,65,74H,4-6,9,12-15,22-24,31-32,35,38-42,44-46,48-52,54-55,57-61,63-64,66-73H2,1-3H3/b10-7-,11-8-,19-16-,20-17-,21-18-,28-25-,29-26-,30-27-,34-33-,37-36-,47-43-,56-53-,65-62-. The summed E-state index contributed by atoms with van der Waals surface area (Å²) in [7, 11) is 0. The number of unbranched alkanes of at least 4 members (excludes halogenated alkanes) is 23. The molecular weight excluding hydrogens is 1020 g/mol. The third-order valence-electron chi connectivity index (χ3n) is 14.0. The van der Waals surface area contributed by atoms with E-state index >= 15 is 0 Å². The zero-order valence-corrected chi connectivity index (χ0v) is 53.7. The highest BCUT2D eigenvalue weighted by Gasteiger charge is 2.19. The molecule has 0 saturated heterocycles. The lowest BCUT2D eigenvalue weighted by atomic mass is 10.0. The molecule has 0 spiro atoms. The molecular formula is C77H124O6. The van der Waals surface area contributed by atoms with Crippen molar-refractivity contribution in [2.75, 3.05) is 13.2 Å².